The smallest absolute Gasteiger partial charge is 0.191 e. The number of aliphatic imine (C=N–C) groups is 1. The van der Waals surface area contributed by atoms with Gasteiger partial charge < -0.3 is 20.4 Å². The lowest BCUT2D eigenvalue weighted by molar-refractivity contribution is 0.312. The van der Waals surface area contributed by atoms with Gasteiger partial charge in [0.25, 0.3) is 0 Å². The molecule has 1 aliphatic rings. The Labute approximate surface area is 196 Å². The van der Waals surface area contributed by atoms with Crippen molar-refractivity contribution >= 4 is 11.8 Å². The summed E-state index contributed by atoms with van der Waals surface area (Å²) in [4.78, 5) is 14.3. The maximum absolute atomic E-state index is 4.87. The highest BCUT2D eigenvalue weighted by molar-refractivity contribution is 5.79. The third kappa shape index (κ3) is 6.32. The van der Waals surface area contributed by atoms with Gasteiger partial charge in [0.1, 0.15) is 5.82 Å². The van der Waals surface area contributed by atoms with Gasteiger partial charge in [0, 0.05) is 63.4 Å². The Hall–Kier alpha value is -3.39. The highest BCUT2D eigenvalue weighted by Crippen LogP contribution is 2.19. The van der Waals surface area contributed by atoms with Gasteiger partial charge in [-0.15, -0.1) is 0 Å². The second-order valence-corrected chi connectivity index (χ2v) is 8.30. The monoisotopic (exact) mass is 446 g/mol. The maximum Gasteiger partial charge on any atom is 0.191 e. The number of aromatic nitrogens is 3. The topological polar surface area (TPSA) is 73.6 Å². The van der Waals surface area contributed by atoms with Crippen LogP contribution in [-0.2, 0) is 19.6 Å². The van der Waals surface area contributed by atoms with E-state index >= 15 is 0 Å². The maximum atomic E-state index is 4.87. The van der Waals surface area contributed by atoms with Crippen molar-refractivity contribution < 1.29 is 0 Å². The summed E-state index contributed by atoms with van der Waals surface area (Å²) < 4.78 is 1.94. The quantitative estimate of drug-likeness (QED) is 0.409. The number of nitrogens with one attached hydrogen (secondary N) is 2. The first-order valence-corrected chi connectivity index (χ1v) is 11.7. The first-order chi connectivity index (χ1) is 16.2. The Morgan fingerprint density at radius 3 is 2.48 bits per heavy atom. The second-order valence-electron chi connectivity index (χ2n) is 8.30. The Kier molecular flexibility index (Phi) is 7.92. The second kappa shape index (κ2) is 11.5. The van der Waals surface area contributed by atoms with Crippen LogP contribution in [-0.4, -0.2) is 65.4 Å². The molecule has 2 N–H and O–H groups in total. The van der Waals surface area contributed by atoms with Crippen LogP contribution in [0.1, 0.15) is 23.6 Å². The molecule has 0 spiro atoms. The van der Waals surface area contributed by atoms with E-state index in [9.17, 15) is 0 Å². The van der Waals surface area contributed by atoms with Crippen molar-refractivity contribution in [1.29, 1.82) is 0 Å². The molecule has 1 saturated heterocycles. The van der Waals surface area contributed by atoms with Crippen molar-refractivity contribution in [3.8, 4) is 0 Å². The molecule has 4 rings (SSSR count). The lowest BCUT2D eigenvalue weighted by Crippen LogP contribution is -2.45. The zero-order valence-corrected chi connectivity index (χ0v) is 19.6. The highest BCUT2D eigenvalue weighted by atomic mass is 15.3. The summed E-state index contributed by atoms with van der Waals surface area (Å²) in [6.45, 7) is 9.03. The normalized spacial score (nSPS) is 15.0. The van der Waals surface area contributed by atoms with Gasteiger partial charge in [0.2, 0.25) is 0 Å². The van der Waals surface area contributed by atoms with Gasteiger partial charge in [-0.05, 0) is 37.2 Å². The molecule has 0 aliphatic carbocycles. The molecule has 0 saturated carbocycles. The van der Waals surface area contributed by atoms with Gasteiger partial charge in [-0.1, -0.05) is 30.3 Å². The number of piperazine rings is 1. The summed E-state index contributed by atoms with van der Waals surface area (Å²) in [6.07, 6.45) is 5.67. The van der Waals surface area contributed by atoms with E-state index < -0.39 is 0 Å². The average Bonchev–Trinajstić information content (AvgIpc) is 3.36. The van der Waals surface area contributed by atoms with E-state index in [0.717, 1.165) is 56.6 Å². The minimum Gasteiger partial charge on any atom is -0.357 e. The molecule has 33 heavy (non-hydrogen) atoms. The predicted molar refractivity (Wildman–Crippen MR) is 133 cm³/mol. The number of likely N-dealkylation sites (N-methyl/N-ethyl adjacent to an activating group) is 1. The minimum absolute atomic E-state index is 0.583. The molecule has 1 aliphatic heterocycles. The van der Waals surface area contributed by atoms with Crippen LogP contribution in [0.25, 0.3) is 0 Å². The summed E-state index contributed by atoms with van der Waals surface area (Å²) in [7, 11) is 2.17. The van der Waals surface area contributed by atoms with E-state index in [1.807, 2.05) is 35.4 Å². The van der Waals surface area contributed by atoms with Gasteiger partial charge in [0.05, 0.1) is 13.1 Å². The van der Waals surface area contributed by atoms with E-state index in [1.165, 1.54) is 11.1 Å². The van der Waals surface area contributed by atoms with Gasteiger partial charge in [-0.2, -0.15) is 5.10 Å². The van der Waals surface area contributed by atoms with E-state index in [-0.39, 0.29) is 0 Å². The number of benzene rings is 1. The van der Waals surface area contributed by atoms with Gasteiger partial charge >= 0.3 is 0 Å². The molecule has 0 unspecified atom stereocenters. The number of guanidine groups is 1. The van der Waals surface area contributed by atoms with E-state index in [1.54, 1.807) is 0 Å². The summed E-state index contributed by atoms with van der Waals surface area (Å²) >= 11 is 0. The van der Waals surface area contributed by atoms with Gasteiger partial charge in [-0.3, -0.25) is 4.68 Å². The van der Waals surface area contributed by atoms with Crippen molar-refractivity contribution in [3.05, 3.63) is 77.7 Å². The molecule has 0 bridgehead atoms. The van der Waals surface area contributed by atoms with Crippen LogP contribution in [0, 0.1) is 0 Å². The fourth-order valence-corrected chi connectivity index (χ4v) is 3.99. The molecule has 1 fully saturated rings. The van der Waals surface area contributed by atoms with Crippen molar-refractivity contribution in [2.45, 2.75) is 26.6 Å². The van der Waals surface area contributed by atoms with Crippen molar-refractivity contribution in [2.24, 2.45) is 4.99 Å². The van der Waals surface area contributed by atoms with E-state index in [4.69, 9.17) is 4.99 Å². The van der Waals surface area contributed by atoms with Crippen LogP contribution in [0.2, 0.25) is 0 Å². The molecule has 0 atom stereocenters. The minimum atomic E-state index is 0.583. The van der Waals surface area contributed by atoms with Crippen LogP contribution >= 0.6 is 0 Å². The molecule has 1 aromatic carbocycles. The molecule has 0 amide bonds. The van der Waals surface area contributed by atoms with Gasteiger partial charge in [-0.25, -0.2) is 9.98 Å². The van der Waals surface area contributed by atoms with Crippen LogP contribution in [0.5, 0.6) is 0 Å². The van der Waals surface area contributed by atoms with Crippen molar-refractivity contribution in [2.75, 3.05) is 44.7 Å². The zero-order valence-electron chi connectivity index (χ0n) is 19.6. The number of hydrogen-bond acceptors (Lipinski definition) is 5. The zero-order chi connectivity index (χ0) is 22.9. The number of hydrogen-bond donors (Lipinski definition) is 2. The number of rotatable bonds is 8. The first kappa shape index (κ1) is 22.8. The summed E-state index contributed by atoms with van der Waals surface area (Å²) in [6, 6.07) is 14.5. The SMILES string of the molecule is CCNC(=NCc1cccnc1N1CCN(C)CC1)NCc1ccccc1Cn1cccn1. The lowest BCUT2D eigenvalue weighted by atomic mass is 10.1. The van der Waals surface area contributed by atoms with Gasteiger partial charge in [0.15, 0.2) is 5.96 Å². The van der Waals surface area contributed by atoms with E-state index in [2.05, 4.69) is 74.8 Å². The summed E-state index contributed by atoms with van der Waals surface area (Å²) in [5.41, 5.74) is 3.63. The molecule has 0 radical (unpaired) electrons. The van der Waals surface area contributed by atoms with Crippen LogP contribution < -0.4 is 15.5 Å². The van der Waals surface area contributed by atoms with Crippen LogP contribution in [0.4, 0.5) is 5.82 Å². The Balaban J connectivity index is 1.43. The molecule has 8 heteroatoms. The first-order valence-electron chi connectivity index (χ1n) is 11.7. The van der Waals surface area contributed by atoms with Crippen molar-refractivity contribution in [3.63, 3.8) is 0 Å². The van der Waals surface area contributed by atoms with Crippen molar-refractivity contribution in [1.82, 2.24) is 30.3 Å². The fraction of sp³-hybridized carbons (Fsp3) is 0.400. The Morgan fingerprint density at radius 2 is 1.73 bits per heavy atom. The lowest BCUT2D eigenvalue weighted by Gasteiger charge is -2.34. The molecule has 3 heterocycles. The largest absolute Gasteiger partial charge is 0.357 e. The molecular formula is C25H34N8. The standard InChI is InChI=1S/C25H34N8/c1-3-26-25(28-18-21-8-4-5-9-23(21)20-33-13-7-12-30-33)29-19-22-10-6-11-27-24(22)32-16-14-31(2)15-17-32/h4-13H,3,14-20H2,1-2H3,(H2,26,28,29). The predicted octanol–water partition coefficient (Wildman–Crippen LogP) is 2.33. The van der Waals surface area contributed by atoms with Crippen LogP contribution in [0.15, 0.2) is 66.0 Å². The molecule has 2 aromatic heterocycles. The number of pyridine rings is 1. The van der Waals surface area contributed by atoms with Crippen LogP contribution in [0.3, 0.4) is 0 Å². The summed E-state index contributed by atoms with van der Waals surface area (Å²) in [5.74, 6) is 1.86. The fourth-order valence-electron chi connectivity index (χ4n) is 3.99. The summed E-state index contributed by atoms with van der Waals surface area (Å²) in [5, 5.41) is 11.2. The van der Waals surface area contributed by atoms with E-state index in [0.29, 0.717) is 13.1 Å². The Morgan fingerprint density at radius 1 is 0.939 bits per heavy atom. The average molecular weight is 447 g/mol. The third-order valence-electron chi connectivity index (χ3n) is 5.88. The molecule has 3 aromatic rings. The molecular weight excluding hydrogens is 412 g/mol. The number of anilines is 1. The third-order valence-corrected chi connectivity index (χ3v) is 5.88. The Bertz CT molecular complexity index is 1020. The highest BCUT2D eigenvalue weighted by Gasteiger charge is 2.17. The number of nitrogens with zero attached hydrogens (tertiary/aromatic N) is 6. The molecule has 8 nitrogen and oxygen atoms in total. The molecule has 174 valence electrons.